The van der Waals surface area contributed by atoms with Gasteiger partial charge in [-0.25, -0.2) is 0 Å². The van der Waals surface area contributed by atoms with E-state index in [1.54, 1.807) is 12.1 Å². The third-order valence-electron chi connectivity index (χ3n) is 2.98. The Morgan fingerprint density at radius 2 is 2.19 bits per heavy atom. The third kappa shape index (κ3) is 1.69. The molecule has 16 heavy (non-hydrogen) atoms. The molecular weight excluding hydrogens is 208 g/mol. The molecule has 0 bridgehead atoms. The number of benzene rings is 1. The van der Waals surface area contributed by atoms with E-state index < -0.39 is 4.92 Å². The van der Waals surface area contributed by atoms with Crippen LogP contribution in [0.25, 0.3) is 0 Å². The van der Waals surface area contributed by atoms with Gasteiger partial charge < -0.3 is 5.73 Å². The lowest BCUT2D eigenvalue weighted by Crippen LogP contribution is -2.26. The van der Waals surface area contributed by atoms with Crippen molar-refractivity contribution in [3.63, 3.8) is 0 Å². The van der Waals surface area contributed by atoms with E-state index in [4.69, 9.17) is 5.73 Å². The molecule has 0 aromatic heterocycles. The minimum atomic E-state index is -0.422. The van der Waals surface area contributed by atoms with E-state index >= 15 is 0 Å². The molecule has 1 aliphatic rings. The first-order chi connectivity index (χ1) is 7.63. The lowest BCUT2D eigenvalue weighted by Gasteiger charge is -2.22. The minimum absolute atomic E-state index is 0.0730. The van der Waals surface area contributed by atoms with Crippen LogP contribution in [0.15, 0.2) is 18.2 Å². The zero-order valence-corrected chi connectivity index (χ0v) is 8.68. The summed E-state index contributed by atoms with van der Waals surface area (Å²) < 4.78 is 0. The van der Waals surface area contributed by atoms with Crippen molar-refractivity contribution in [2.75, 3.05) is 6.54 Å². The van der Waals surface area contributed by atoms with Gasteiger partial charge in [0.1, 0.15) is 5.78 Å². The van der Waals surface area contributed by atoms with Gasteiger partial charge in [0.05, 0.1) is 10.8 Å². The Bertz CT molecular complexity index is 457. The van der Waals surface area contributed by atoms with Gasteiger partial charge in [-0.05, 0) is 17.5 Å². The first-order valence-electron chi connectivity index (χ1n) is 5.13. The van der Waals surface area contributed by atoms with Gasteiger partial charge in [-0.3, -0.25) is 14.9 Å². The molecule has 5 nitrogen and oxygen atoms in total. The van der Waals surface area contributed by atoms with Crippen LogP contribution < -0.4 is 5.73 Å². The van der Waals surface area contributed by atoms with Crippen molar-refractivity contribution in [3.8, 4) is 0 Å². The maximum absolute atomic E-state index is 11.6. The first kappa shape index (κ1) is 10.8. The lowest BCUT2D eigenvalue weighted by atomic mass is 9.82. The number of fused-ring (bicyclic) bond motifs is 1. The van der Waals surface area contributed by atoms with Crippen molar-refractivity contribution >= 4 is 11.5 Å². The monoisotopic (exact) mass is 220 g/mol. The highest BCUT2D eigenvalue weighted by molar-refractivity contribution is 5.88. The van der Waals surface area contributed by atoms with E-state index in [-0.39, 0.29) is 23.9 Å². The van der Waals surface area contributed by atoms with E-state index in [0.717, 1.165) is 11.1 Å². The van der Waals surface area contributed by atoms with Gasteiger partial charge in [0.15, 0.2) is 0 Å². The van der Waals surface area contributed by atoms with Crippen molar-refractivity contribution in [2.45, 2.75) is 18.8 Å². The van der Waals surface area contributed by atoms with E-state index in [0.29, 0.717) is 12.8 Å². The number of hydrogen-bond donors (Lipinski definition) is 1. The van der Waals surface area contributed by atoms with Gasteiger partial charge in [-0.15, -0.1) is 0 Å². The maximum Gasteiger partial charge on any atom is 0.269 e. The van der Waals surface area contributed by atoms with E-state index in [1.807, 2.05) is 0 Å². The molecule has 1 aliphatic carbocycles. The first-order valence-corrected chi connectivity index (χ1v) is 5.13. The molecule has 84 valence electrons. The smallest absolute Gasteiger partial charge is 0.269 e. The molecule has 1 aromatic rings. The number of non-ortho nitro benzene ring substituents is 1. The molecule has 0 heterocycles. The summed E-state index contributed by atoms with van der Waals surface area (Å²) in [5.74, 6) is -0.159. The van der Waals surface area contributed by atoms with Crippen LogP contribution in [0.3, 0.4) is 0 Å². The van der Waals surface area contributed by atoms with Crippen LogP contribution in [0.2, 0.25) is 0 Å². The summed E-state index contributed by atoms with van der Waals surface area (Å²) in [5, 5.41) is 10.6. The number of hydrogen-bond acceptors (Lipinski definition) is 4. The predicted octanol–water partition coefficient (Wildman–Crippen LogP) is 1.15. The van der Waals surface area contributed by atoms with Crippen molar-refractivity contribution in [1.82, 2.24) is 0 Å². The van der Waals surface area contributed by atoms with Gasteiger partial charge in [0.25, 0.3) is 5.69 Å². The average molecular weight is 220 g/mol. The molecule has 2 N–H and O–H groups in total. The molecule has 0 radical (unpaired) electrons. The van der Waals surface area contributed by atoms with Crippen LogP contribution in [0, 0.1) is 10.1 Å². The second-order valence-electron chi connectivity index (χ2n) is 3.89. The minimum Gasteiger partial charge on any atom is -0.329 e. The van der Waals surface area contributed by atoms with Gasteiger partial charge in [0.2, 0.25) is 0 Å². The summed E-state index contributed by atoms with van der Waals surface area (Å²) in [5.41, 5.74) is 7.35. The number of ketones is 1. The number of nitrogens with two attached hydrogens (primary N) is 1. The number of Topliss-reactive ketones (excluding diaryl/α,β-unsaturated/α-hetero) is 1. The number of nitrogens with zero attached hydrogens (tertiary/aromatic N) is 1. The number of carbonyl (C=O) groups is 1. The number of nitro benzene ring substituents is 1. The zero-order valence-electron chi connectivity index (χ0n) is 8.68. The summed E-state index contributed by atoms with van der Waals surface area (Å²) >= 11 is 0. The van der Waals surface area contributed by atoms with Crippen molar-refractivity contribution < 1.29 is 9.72 Å². The molecule has 0 fully saturated rings. The number of nitro groups is 1. The fraction of sp³-hybridized carbons (Fsp3) is 0.364. The van der Waals surface area contributed by atoms with Crippen LogP contribution in [-0.4, -0.2) is 17.3 Å². The predicted molar refractivity (Wildman–Crippen MR) is 58.2 cm³/mol. The third-order valence-corrected chi connectivity index (χ3v) is 2.98. The van der Waals surface area contributed by atoms with Gasteiger partial charge >= 0.3 is 0 Å². The summed E-state index contributed by atoms with van der Waals surface area (Å²) in [6, 6.07) is 4.63. The van der Waals surface area contributed by atoms with E-state index in [1.165, 1.54) is 6.07 Å². The Labute approximate surface area is 92.4 Å². The number of rotatable bonds is 2. The number of carbonyl (C=O) groups excluding carboxylic acids is 1. The Hall–Kier alpha value is -1.75. The highest BCUT2D eigenvalue weighted by atomic mass is 16.6. The normalized spacial score (nSPS) is 19.3. The quantitative estimate of drug-likeness (QED) is 0.598. The SMILES string of the molecule is NCC1C(=O)CCc2cc([N+](=O)[O-])ccc21. The molecule has 0 saturated carbocycles. The lowest BCUT2D eigenvalue weighted by molar-refractivity contribution is -0.384. The van der Waals surface area contributed by atoms with Crippen LogP contribution in [-0.2, 0) is 11.2 Å². The topological polar surface area (TPSA) is 86.2 Å². The molecule has 0 amide bonds. The summed E-state index contributed by atoms with van der Waals surface area (Å²) in [6.07, 6.45) is 1.00. The highest BCUT2D eigenvalue weighted by Gasteiger charge is 2.27. The maximum atomic E-state index is 11.6. The molecule has 0 saturated heterocycles. The molecular formula is C11H12N2O3. The molecule has 0 aliphatic heterocycles. The second kappa shape index (κ2) is 4.02. The van der Waals surface area contributed by atoms with Crippen molar-refractivity contribution in [3.05, 3.63) is 39.4 Å². The Morgan fingerprint density at radius 3 is 2.81 bits per heavy atom. The molecule has 5 heteroatoms. The fourth-order valence-electron chi connectivity index (χ4n) is 2.13. The summed E-state index contributed by atoms with van der Waals surface area (Å²) in [6.45, 7) is 0.268. The fourth-order valence-corrected chi connectivity index (χ4v) is 2.13. The largest absolute Gasteiger partial charge is 0.329 e. The summed E-state index contributed by atoms with van der Waals surface area (Å²) in [7, 11) is 0. The van der Waals surface area contributed by atoms with Crippen LogP contribution >= 0.6 is 0 Å². The number of aryl methyl sites for hydroxylation is 1. The zero-order chi connectivity index (χ0) is 11.7. The van der Waals surface area contributed by atoms with Gasteiger partial charge in [-0.1, -0.05) is 6.07 Å². The average Bonchev–Trinajstić information content (AvgIpc) is 2.28. The van der Waals surface area contributed by atoms with Crippen LogP contribution in [0.5, 0.6) is 0 Å². The van der Waals surface area contributed by atoms with E-state index in [9.17, 15) is 14.9 Å². The molecule has 1 unspecified atom stereocenters. The van der Waals surface area contributed by atoms with E-state index in [2.05, 4.69) is 0 Å². The highest BCUT2D eigenvalue weighted by Crippen LogP contribution is 2.30. The van der Waals surface area contributed by atoms with Crippen molar-refractivity contribution in [1.29, 1.82) is 0 Å². The molecule has 1 atom stereocenters. The van der Waals surface area contributed by atoms with Crippen LogP contribution in [0.1, 0.15) is 23.5 Å². The Balaban J connectivity index is 2.46. The molecule has 2 rings (SSSR count). The summed E-state index contributed by atoms with van der Waals surface area (Å²) in [4.78, 5) is 21.8. The van der Waals surface area contributed by atoms with Crippen LogP contribution in [0.4, 0.5) is 5.69 Å². The Kier molecular flexibility index (Phi) is 2.70. The van der Waals surface area contributed by atoms with Crippen molar-refractivity contribution in [2.24, 2.45) is 5.73 Å². The van der Waals surface area contributed by atoms with Gasteiger partial charge in [0, 0.05) is 25.1 Å². The molecule has 0 spiro atoms. The van der Waals surface area contributed by atoms with Gasteiger partial charge in [-0.2, -0.15) is 0 Å². The molecule has 1 aromatic carbocycles. The standard InChI is InChI=1S/C11H12N2O3/c12-6-10-9-3-2-8(13(15)16)5-7(9)1-4-11(10)14/h2-3,5,10H,1,4,6,12H2. The Morgan fingerprint density at radius 1 is 1.44 bits per heavy atom. The second-order valence-corrected chi connectivity index (χ2v) is 3.89.